The number of aryl methyl sites for hydroxylation is 1. The third-order valence-electron chi connectivity index (χ3n) is 3.48. The first-order chi connectivity index (χ1) is 11.4. The maximum atomic E-state index is 11.8. The number of fused-ring (bicyclic) bond motifs is 1. The molecule has 0 atom stereocenters. The lowest BCUT2D eigenvalue weighted by atomic mass is 10.0. The molecule has 0 spiro atoms. The van der Waals surface area contributed by atoms with Crippen LogP contribution in [0.3, 0.4) is 0 Å². The van der Waals surface area contributed by atoms with Crippen molar-refractivity contribution in [3.63, 3.8) is 0 Å². The molecule has 0 bridgehead atoms. The van der Waals surface area contributed by atoms with Crippen LogP contribution in [0.15, 0.2) is 23.0 Å². The average molecular weight is 395 g/mol. The number of ether oxygens (including phenoxy) is 2. The van der Waals surface area contributed by atoms with Gasteiger partial charge in [-0.15, -0.1) is 0 Å². The van der Waals surface area contributed by atoms with Crippen LogP contribution in [0, 0.1) is 0 Å². The molecule has 0 unspecified atom stereocenters. The van der Waals surface area contributed by atoms with Crippen LogP contribution in [-0.4, -0.2) is 23.5 Å². The minimum Gasteiger partial charge on any atom is -0.493 e. The highest BCUT2D eigenvalue weighted by Crippen LogP contribution is 2.32. The van der Waals surface area contributed by atoms with Gasteiger partial charge < -0.3 is 14.5 Å². The second kappa shape index (κ2) is 10.7. The Bertz CT molecular complexity index is 699. The van der Waals surface area contributed by atoms with Crippen LogP contribution in [0.1, 0.15) is 31.7 Å². The van der Waals surface area contributed by atoms with Crippen molar-refractivity contribution in [1.82, 2.24) is 4.98 Å². The van der Waals surface area contributed by atoms with Gasteiger partial charge in [0.1, 0.15) is 0 Å². The van der Waals surface area contributed by atoms with Crippen LogP contribution in [0.5, 0.6) is 11.5 Å². The van der Waals surface area contributed by atoms with E-state index in [2.05, 4.69) is 11.9 Å². The zero-order valence-corrected chi connectivity index (χ0v) is 16.3. The molecular formula is C17H22Cl3NO3. The molecule has 0 aliphatic rings. The summed E-state index contributed by atoms with van der Waals surface area (Å²) >= 11 is 14.4. The van der Waals surface area contributed by atoms with E-state index in [0.717, 1.165) is 35.7 Å². The molecule has 4 nitrogen and oxygen atoms in total. The molecular weight excluding hydrogens is 373 g/mol. The first-order valence-electron chi connectivity index (χ1n) is 7.63. The number of methoxy groups -OCH3 is 2. The third kappa shape index (κ3) is 6.42. The molecule has 1 heterocycles. The molecule has 0 saturated heterocycles. The van der Waals surface area contributed by atoms with Crippen molar-refractivity contribution in [2.75, 3.05) is 14.2 Å². The summed E-state index contributed by atoms with van der Waals surface area (Å²) in [6.07, 6.45) is 4.33. The van der Waals surface area contributed by atoms with Gasteiger partial charge in [0.15, 0.2) is 15.8 Å². The van der Waals surface area contributed by atoms with Crippen molar-refractivity contribution in [3.8, 4) is 11.5 Å². The molecule has 0 radical (unpaired) electrons. The lowest BCUT2D eigenvalue weighted by molar-refractivity contribution is 0.355. The number of pyridine rings is 1. The minimum absolute atomic E-state index is 0.0729. The summed E-state index contributed by atoms with van der Waals surface area (Å²) in [5.41, 5.74) is 1.79. The number of nitrogens with one attached hydrogen (secondary N) is 1. The number of halogens is 3. The van der Waals surface area contributed by atoms with E-state index in [0.29, 0.717) is 11.5 Å². The topological polar surface area (TPSA) is 51.3 Å². The maximum Gasteiger partial charge on any atom is 0.248 e. The second-order valence-corrected chi connectivity index (χ2v) is 7.10. The van der Waals surface area contributed by atoms with Crippen molar-refractivity contribution >= 4 is 45.7 Å². The Kier molecular flexibility index (Phi) is 9.34. The smallest absolute Gasteiger partial charge is 0.248 e. The Balaban J connectivity index is 0.000000648. The molecule has 2 aromatic rings. The molecule has 0 aliphatic carbocycles. The predicted octanol–water partition coefficient (Wildman–Crippen LogP) is 5.26. The highest BCUT2D eigenvalue weighted by atomic mass is 35.6. The standard InChI is InChI=1S/C16H21NO3.CHCl3/c1-4-5-6-7-11-8-16(18)17-13-10-15(20-3)14(19-2)9-12(11)13;2-1(3)4/h8-10H,4-7H2,1-3H3,(H,17,18);1H. The SMILES string of the molecule is CCCCCc1cc(=O)[nH]c2cc(OC)c(OC)cc12.ClC(Cl)Cl. The monoisotopic (exact) mass is 393 g/mol. The molecule has 2 rings (SSSR count). The third-order valence-corrected chi connectivity index (χ3v) is 3.48. The highest BCUT2D eigenvalue weighted by Gasteiger charge is 2.10. The van der Waals surface area contributed by atoms with Crippen LogP contribution >= 0.6 is 34.8 Å². The first kappa shape index (κ1) is 20.9. The van der Waals surface area contributed by atoms with E-state index in [1.807, 2.05) is 12.1 Å². The predicted molar refractivity (Wildman–Crippen MR) is 102 cm³/mol. The van der Waals surface area contributed by atoms with Crippen molar-refractivity contribution in [2.24, 2.45) is 0 Å². The fourth-order valence-electron chi connectivity index (χ4n) is 2.43. The van der Waals surface area contributed by atoms with Gasteiger partial charge in [-0.05, 0) is 24.5 Å². The molecule has 1 aromatic heterocycles. The molecule has 1 aromatic carbocycles. The lowest BCUT2D eigenvalue weighted by Crippen LogP contribution is -2.07. The van der Waals surface area contributed by atoms with Crippen LogP contribution in [0.4, 0.5) is 0 Å². The van der Waals surface area contributed by atoms with Crippen LogP contribution in [0.25, 0.3) is 10.9 Å². The molecule has 0 aliphatic heterocycles. The number of aromatic nitrogens is 1. The number of hydrogen-bond acceptors (Lipinski definition) is 3. The van der Waals surface area contributed by atoms with E-state index in [4.69, 9.17) is 44.3 Å². The molecule has 134 valence electrons. The molecule has 0 amide bonds. The van der Waals surface area contributed by atoms with Crippen LogP contribution in [0.2, 0.25) is 0 Å². The fraction of sp³-hybridized carbons (Fsp3) is 0.471. The summed E-state index contributed by atoms with van der Waals surface area (Å²) in [5.74, 6) is 1.31. The average Bonchev–Trinajstić information content (AvgIpc) is 2.53. The van der Waals surface area contributed by atoms with Gasteiger partial charge in [-0.2, -0.15) is 0 Å². The zero-order chi connectivity index (χ0) is 18.1. The quantitative estimate of drug-likeness (QED) is 0.537. The largest absolute Gasteiger partial charge is 0.493 e. The Labute approximate surface area is 157 Å². The summed E-state index contributed by atoms with van der Waals surface area (Å²) in [6.45, 7) is 2.17. The highest BCUT2D eigenvalue weighted by molar-refractivity contribution is 6.63. The molecule has 0 fully saturated rings. The van der Waals surface area contributed by atoms with Gasteiger partial charge in [0, 0.05) is 17.5 Å². The Hall–Kier alpha value is -1.10. The summed E-state index contributed by atoms with van der Waals surface area (Å²) in [6, 6.07) is 5.44. The fourth-order valence-corrected chi connectivity index (χ4v) is 2.43. The summed E-state index contributed by atoms with van der Waals surface area (Å²) in [4.78, 5) is 14.6. The van der Waals surface area contributed by atoms with E-state index in [-0.39, 0.29) is 5.56 Å². The minimum atomic E-state index is -0.750. The number of benzene rings is 1. The van der Waals surface area contributed by atoms with Crippen LogP contribution < -0.4 is 15.0 Å². The molecule has 7 heteroatoms. The summed E-state index contributed by atoms with van der Waals surface area (Å²) in [7, 11) is 3.21. The Morgan fingerprint density at radius 3 is 2.17 bits per heavy atom. The normalized spacial score (nSPS) is 10.5. The van der Waals surface area contributed by atoms with Crippen molar-refractivity contribution in [2.45, 2.75) is 36.9 Å². The van der Waals surface area contributed by atoms with Crippen LogP contribution in [-0.2, 0) is 6.42 Å². The Morgan fingerprint density at radius 1 is 1.04 bits per heavy atom. The number of unbranched alkanes of at least 4 members (excludes halogenated alkanes) is 2. The van der Waals surface area contributed by atoms with Gasteiger partial charge in [-0.25, -0.2) is 0 Å². The van der Waals surface area contributed by atoms with E-state index in [1.54, 1.807) is 20.3 Å². The van der Waals surface area contributed by atoms with Gasteiger partial charge in [0.2, 0.25) is 5.56 Å². The second-order valence-electron chi connectivity index (χ2n) is 5.12. The van der Waals surface area contributed by atoms with Gasteiger partial charge in [0.05, 0.1) is 19.7 Å². The van der Waals surface area contributed by atoms with Crippen molar-refractivity contribution in [3.05, 3.63) is 34.1 Å². The maximum absolute atomic E-state index is 11.8. The lowest BCUT2D eigenvalue weighted by Gasteiger charge is -2.11. The summed E-state index contributed by atoms with van der Waals surface area (Å²) < 4.78 is 9.86. The van der Waals surface area contributed by atoms with Gasteiger partial charge in [-0.1, -0.05) is 54.6 Å². The number of alkyl halides is 3. The number of H-pyrrole nitrogens is 1. The van der Waals surface area contributed by atoms with Crippen molar-refractivity contribution < 1.29 is 9.47 Å². The van der Waals surface area contributed by atoms with E-state index >= 15 is 0 Å². The van der Waals surface area contributed by atoms with Crippen molar-refractivity contribution in [1.29, 1.82) is 0 Å². The van der Waals surface area contributed by atoms with Gasteiger partial charge in [0.25, 0.3) is 0 Å². The molecule has 0 saturated carbocycles. The number of hydrogen-bond donors (Lipinski definition) is 1. The van der Waals surface area contributed by atoms with Gasteiger partial charge >= 0.3 is 0 Å². The first-order valence-corrected chi connectivity index (χ1v) is 8.94. The Morgan fingerprint density at radius 2 is 1.62 bits per heavy atom. The number of rotatable bonds is 6. The van der Waals surface area contributed by atoms with E-state index in [9.17, 15) is 4.79 Å². The molecule has 24 heavy (non-hydrogen) atoms. The van der Waals surface area contributed by atoms with E-state index < -0.39 is 4.30 Å². The zero-order valence-electron chi connectivity index (χ0n) is 14.0. The molecule has 1 N–H and O–H groups in total. The number of aromatic amines is 1. The van der Waals surface area contributed by atoms with Gasteiger partial charge in [-0.3, -0.25) is 4.79 Å². The summed E-state index contributed by atoms with van der Waals surface area (Å²) in [5, 5.41) is 1.03. The van der Waals surface area contributed by atoms with E-state index in [1.165, 1.54) is 6.42 Å².